The lowest BCUT2D eigenvalue weighted by Gasteiger charge is -2.03. The molecule has 0 radical (unpaired) electrons. The maximum atomic E-state index is 10.5. The van der Waals surface area contributed by atoms with E-state index < -0.39 is 0 Å². The summed E-state index contributed by atoms with van der Waals surface area (Å²) in [6.45, 7) is -0.139. The van der Waals surface area contributed by atoms with E-state index in [2.05, 4.69) is 0 Å². The van der Waals surface area contributed by atoms with Gasteiger partial charge in [-0.05, 0) is 0 Å². The number of likely N-dealkylation sites (N-methyl/N-ethyl adjacent to an activating group) is 1. The van der Waals surface area contributed by atoms with Crippen LogP contribution in [0.3, 0.4) is 0 Å². The quantitative estimate of drug-likeness (QED) is 0.215. The number of nitrogens with zero attached hydrogens (tertiary/aromatic N) is 1. The molecule has 3 N–H and O–H groups in total. The van der Waals surface area contributed by atoms with Gasteiger partial charge in [-0.15, -0.1) is 0 Å². The SMILES string of the molecule is CN(N)C(=O)/C=C\CO. The van der Waals surface area contributed by atoms with E-state index in [1.54, 1.807) is 0 Å². The van der Waals surface area contributed by atoms with Crippen molar-refractivity contribution in [3.8, 4) is 0 Å². The molecule has 0 aromatic carbocycles. The molecule has 0 atom stereocenters. The number of aliphatic hydroxyl groups is 1. The molecule has 0 unspecified atom stereocenters. The zero-order valence-electron chi connectivity index (χ0n) is 5.24. The molecule has 0 aromatic heterocycles. The zero-order valence-corrected chi connectivity index (χ0v) is 5.24. The van der Waals surface area contributed by atoms with Crippen molar-refractivity contribution in [1.29, 1.82) is 0 Å². The van der Waals surface area contributed by atoms with Crippen LogP contribution < -0.4 is 5.84 Å². The molecule has 52 valence electrons. The summed E-state index contributed by atoms with van der Waals surface area (Å²) in [5.74, 6) is 4.70. The fourth-order valence-electron chi connectivity index (χ4n) is 0.271. The van der Waals surface area contributed by atoms with E-state index in [-0.39, 0.29) is 12.5 Å². The molecule has 0 saturated heterocycles. The second-order valence-electron chi connectivity index (χ2n) is 1.53. The van der Waals surface area contributed by atoms with E-state index >= 15 is 0 Å². The number of hydrogen-bond acceptors (Lipinski definition) is 3. The summed E-state index contributed by atoms with van der Waals surface area (Å²) < 4.78 is 0. The molecular weight excluding hydrogens is 120 g/mol. The number of rotatable bonds is 2. The predicted octanol–water partition coefficient (Wildman–Crippen LogP) is -1.13. The molecule has 0 saturated carbocycles. The monoisotopic (exact) mass is 130 g/mol. The molecule has 0 bridgehead atoms. The molecule has 0 heterocycles. The molecule has 9 heavy (non-hydrogen) atoms. The first-order valence-corrected chi connectivity index (χ1v) is 2.48. The molecule has 4 heteroatoms. The van der Waals surface area contributed by atoms with Crippen LogP contribution in [-0.4, -0.2) is 29.7 Å². The van der Waals surface area contributed by atoms with Crippen molar-refractivity contribution in [3.63, 3.8) is 0 Å². The normalized spacial score (nSPS) is 10.1. The molecule has 0 fully saturated rings. The Morgan fingerprint density at radius 2 is 2.44 bits per heavy atom. The zero-order chi connectivity index (χ0) is 7.28. The van der Waals surface area contributed by atoms with Gasteiger partial charge in [-0.3, -0.25) is 9.80 Å². The van der Waals surface area contributed by atoms with Crippen molar-refractivity contribution >= 4 is 5.91 Å². The smallest absolute Gasteiger partial charge is 0.259 e. The topological polar surface area (TPSA) is 66.6 Å². The Morgan fingerprint density at radius 3 is 2.78 bits per heavy atom. The Hall–Kier alpha value is -0.870. The summed E-state index contributed by atoms with van der Waals surface area (Å²) in [6.07, 6.45) is 2.53. The van der Waals surface area contributed by atoms with Gasteiger partial charge >= 0.3 is 0 Å². The van der Waals surface area contributed by atoms with Crippen molar-refractivity contribution in [3.05, 3.63) is 12.2 Å². The molecule has 1 amide bonds. The number of amides is 1. The van der Waals surface area contributed by atoms with Gasteiger partial charge in [0.2, 0.25) is 0 Å². The van der Waals surface area contributed by atoms with Crippen molar-refractivity contribution in [1.82, 2.24) is 5.01 Å². The summed E-state index contributed by atoms with van der Waals surface area (Å²) in [6, 6.07) is 0. The predicted molar refractivity (Wildman–Crippen MR) is 33.2 cm³/mol. The minimum Gasteiger partial charge on any atom is -0.392 e. The number of nitrogens with two attached hydrogens (primary N) is 1. The van der Waals surface area contributed by atoms with Gasteiger partial charge in [-0.1, -0.05) is 6.08 Å². The second kappa shape index (κ2) is 4.05. The molecule has 0 spiro atoms. The Balaban J connectivity index is 3.63. The van der Waals surface area contributed by atoms with Crippen molar-refractivity contribution < 1.29 is 9.90 Å². The number of hydrogen-bond donors (Lipinski definition) is 2. The largest absolute Gasteiger partial charge is 0.392 e. The average Bonchev–Trinajstić information content (AvgIpc) is 1.82. The van der Waals surface area contributed by atoms with Crippen LogP contribution in [0, 0.1) is 0 Å². The highest BCUT2D eigenvalue weighted by Crippen LogP contribution is 1.76. The fraction of sp³-hybridized carbons (Fsp3) is 0.400. The van der Waals surface area contributed by atoms with Crippen LogP contribution >= 0.6 is 0 Å². The van der Waals surface area contributed by atoms with Crippen molar-refractivity contribution in [2.45, 2.75) is 0 Å². The van der Waals surface area contributed by atoms with Gasteiger partial charge in [0.05, 0.1) is 6.61 Å². The maximum Gasteiger partial charge on any atom is 0.259 e. The highest BCUT2D eigenvalue weighted by Gasteiger charge is 1.94. The summed E-state index contributed by atoms with van der Waals surface area (Å²) in [7, 11) is 1.43. The number of carbonyl (C=O) groups is 1. The Labute approximate surface area is 53.5 Å². The van der Waals surface area contributed by atoms with Gasteiger partial charge in [-0.2, -0.15) is 0 Å². The standard InChI is InChI=1S/C5H10N2O2/c1-7(6)5(9)3-2-4-8/h2-3,8H,4,6H2,1H3/b3-2-. The molecule has 0 aliphatic rings. The van der Waals surface area contributed by atoms with Crippen LogP contribution in [0.25, 0.3) is 0 Å². The highest BCUT2D eigenvalue weighted by atomic mass is 16.2. The average molecular weight is 130 g/mol. The highest BCUT2D eigenvalue weighted by molar-refractivity contribution is 5.86. The first kappa shape index (κ1) is 8.13. The van der Waals surface area contributed by atoms with Crippen LogP contribution in [0.2, 0.25) is 0 Å². The Morgan fingerprint density at radius 1 is 1.89 bits per heavy atom. The molecule has 0 aliphatic heterocycles. The lowest BCUT2D eigenvalue weighted by atomic mass is 10.5. The van der Waals surface area contributed by atoms with Gasteiger partial charge in [0.1, 0.15) is 0 Å². The van der Waals surface area contributed by atoms with Crippen LogP contribution in [0.4, 0.5) is 0 Å². The fourth-order valence-corrected chi connectivity index (χ4v) is 0.271. The summed E-state index contributed by atoms with van der Waals surface area (Å²) in [4.78, 5) is 10.5. The van der Waals surface area contributed by atoms with E-state index in [0.29, 0.717) is 0 Å². The molecule has 0 aromatic rings. The Bertz CT molecular complexity index is 120. The summed E-state index contributed by atoms with van der Waals surface area (Å²) in [5, 5.41) is 9.14. The third kappa shape index (κ3) is 3.69. The van der Waals surface area contributed by atoms with E-state index in [9.17, 15) is 4.79 Å². The second-order valence-corrected chi connectivity index (χ2v) is 1.53. The Kier molecular flexibility index (Phi) is 3.66. The van der Waals surface area contributed by atoms with Gasteiger partial charge in [0.25, 0.3) is 5.91 Å². The van der Waals surface area contributed by atoms with Crippen molar-refractivity contribution in [2.24, 2.45) is 5.84 Å². The van der Waals surface area contributed by atoms with Gasteiger partial charge in [-0.25, -0.2) is 5.84 Å². The lowest BCUT2D eigenvalue weighted by molar-refractivity contribution is -0.125. The van der Waals surface area contributed by atoms with E-state index in [1.807, 2.05) is 0 Å². The summed E-state index contributed by atoms with van der Waals surface area (Å²) in [5.41, 5.74) is 0. The molecular formula is C5H10N2O2. The van der Waals surface area contributed by atoms with E-state index in [1.165, 1.54) is 19.2 Å². The third-order valence-corrected chi connectivity index (χ3v) is 0.713. The third-order valence-electron chi connectivity index (χ3n) is 0.713. The molecule has 0 aliphatic carbocycles. The molecule has 4 nitrogen and oxygen atoms in total. The molecule has 0 rings (SSSR count). The van der Waals surface area contributed by atoms with Crippen LogP contribution in [-0.2, 0) is 4.79 Å². The van der Waals surface area contributed by atoms with E-state index in [4.69, 9.17) is 10.9 Å². The van der Waals surface area contributed by atoms with Crippen LogP contribution in [0.15, 0.2) is 12.2 Å². The minimum atomic E-state index is -0.330. The number of hydrazine groups is 1. The van der Waals surface area contributed by atoms with Gasteiger partial charge in [0.15, 0.2) is 0 Å². The van der Waals surface area contributed by atoms with Gasteiger partial charge < -0.3 is 5.11 Å². The number of aliphatic hydroxyl groups excluding tert-OH is 1. The van der Waals surface area contributed by atoms with Crippen LogP contribution in [0.5, 0.6) is 0 Å². The minimum absolute atomic E-state index is 0.139. The lowest BCUT2D eigenvalue weighted by Crippen LogP contribution is -2.31. The number of carbonyl (C=O) groups excluding carboxylic acids is 1. The first-order valence-electron chi connectivity index (χ1n) is 2.48. The maximum absolute atomic E-state index is 10.5. The first-order chi connectivity index (χ1) is 4.18. The van der Waals surface area contributed by atoms with Crippen molar-refractivity contribution in [2.75, 3.05) is 13.7 Å². The van der Waals surface area contributed by atoms with Crippen LogP contribution in [0.1, 0.15) is 0 Å². The summed E-state index contributed by atoms with van der Waals surface area (Å²) >= 11 is 0. The van der Waals surface area contributed by atoms with Gasteiger partial charge in [0, 0.05) is 13.1 Å². The van der Waals surface area contributed by atoms with E-state index in [0.717, 1.165) is 5.01 Å².